The third kappa shape index (κ3) is 0.998. The van der Waals surface area contributed by atoms with Gasteiger partial charge in [-0.1, -0.05) is 30.3 Å². The van der Waals surface area contributed by atoms with Gasteiger partial charge in [-0.15, -0.1) is 0 Å². The van der Waals surface area contributed by atoms with Crippen molar-refractivity contribution in [1.82, 2.24) is 4.90 Å². The van der Waals surface area contributed by atoms with Crippen LogP contribution in [0.3, 0.4) is 0 Å². The first-order chi connectivity index (χ1) is 6.45. The van der Waals surface area contributed by atoms with Crippen molar-refractivity contribution < 1.29 is 0 Å². The molecule has 1 heteroatoms. The molecule has 0 aromatic heterocycles. The summed E-state index contributed by atoms with van der Waals surface area (Å²) < 4.78 is 0. The van der Waals surface area contributed by atoms with Gasteiger partial charge in [-0.3, -0.25) is 0 Å². The molecular weight excluding hydrogens is 158 g/mol. The van der Waals surface area contributed by atoms with E-state index in [4.69, 9.17) is 0 Å². The van der Waals surface area contributed by atoms with Gasteiger partial charge in [0.05, 0.1) is 0 Å². The lowest BCUT2D eigenvalue weighted by molar-refractivity contribution is 0.418. The molecule has 2 heterocycles. The van der Waals surface area contributed by atoms with E-state index in [1.807, 2.05) is 0 Å². The molecule has 0 aliphatic carbocycles. The molecule has 0 unspecified atom stereocenters. The Morgan fingerprint density at radius 1 is 1.08 bits per heavy atom. The lowest BCUT2D eigenvalue weighted by Gasteiger charge is -2.29. The van der Waals surface area contributed by atoms with Crippen LogP contribution in [0.2, 0.25) is 0 Å². The molecule has 2 aliphatic rings. The molecule has 0 fully saturated rings. The molecule has 0 saturated carbocycles. The van der Waals surface area contributed by atoms with E-state index < -0.39 is 0 Å². The Labute approximate surface area is 78.7 Å². The van der Waals surface area contributed by atoms with Gasteiger partial charge in [0.25, 0.3) is 0 Å². The second-order valence-electron chi connectivity index (χ2n) is 3.77. The Kier molecular flexibility index (Phi) is 1.45. The van der Waals surface area contributed by atoms with E-state index in [1.165, 1.54) is 42.8 Å². The zero-order valence-corrected chi connectivity index (χ0v) is 7.66. The molecule has 0 N–H and O–H groups in total. The molecule has 2 aliphatic heterocycles. The van der Waals surface area contributed by atoms with Crippen LogP contribution in [0.1, 0.15) is 17.5 Å². The second kappa shape index (κ2) is 2.63. The number of benzene rings is 1. The molecule has 0 bridgehead atoms. The summed E-state index contributed by atoms with van der Waals surface area (Å²) in [5.74, 6) is 0. The molecule has 3 rings (SSSR count). The van der Waals surface area contributed by atoms with Gasteiger partial charge >= 0.3 is 0 Å². The monoisotopic (exact) mass is 171 g/mol. The first-order valence-electron chi connectivity index (χ1n) is 4.98. The fourth-order valence-electron chi connectivity index (χ4n) is 2.36. The minimum Gasteiger partial charge on any atom is -0.371 e. The Bertz CT molecular complexity index is 365. The highest BCUT2D eigenvalue weighted by molar-refractivity contribution is 5.70. The highest BCUT2D eigenvalue weighted by Crippen LogP contribution is 2.32. The van der Waals surface area contributed by atoms with Gasteiger partial charge in [-0.2, -0.15) is 0 Å². The summed E-state index contributed by atoms with van der Waals surface area (Å²) in [4.78, 5) is 2.50. The normalized spacial score (nSPS) is 19.4. The van der Waals surface area contributed by atoms with E-state index >= 15 is 0 Å². The van der Waals surface area contributed by atoms with Crippen LogP contribution in [0.15, 0.2) is 30.3 Å². The van der Waals surface area contributed by atoms with Gasteiger partial charge in [-0.05, 0) is 18.4 Å². The van der Waals surface area contributed by atoms with Gasteiger partial charge < -0.3 is 4.90 Å². The molecule has 0 atom stereocenters. The summed E-state index contributed by atoms with van der Waals surface area (Å²) in [5, 5.41) is 0. The van der Waals surface area contributed by atoms with Crippen molar-refractivity contribution in [3.63, 3.8) is 0 Å². The SMILES string of the molecule is C1=C2c3ccccc3CCN2CC1. The Balaban J connectivity index is 2.15. The average molecular weight is 171 g/mol. The predicted octanol–water partition coefficient (Wildman–Crippen LogP) is 2.29. The largest absolute Gasteiger partial charge is 0.371 e. The molecule has 1 nitrogen and oxygen atoms in total. The van der Waals surface area contributed by atoms with Gasteiger partial charge in [0.1, 0.15) is 0 Å². The maximum absolute atomic E-state index is 2.50. The molecule has 0 radical (unpaired) electrons. The molecule has 1 aromatic rings. The summed E-state index contributed by atoms with van der Waals surface area (Å²) in [7, 11) is 0. The summed E-state index contributed by atoms with van der Waals surface area (Å²) in [6, 6.07) is 8.79. The van der Waals surface area contributed by atoms with E-state index in [0.717, 1.165) is 0 Å². The average Bonchev–Trinajstić information content (AvgIpc) is 2.65. The van der Waals surface area contributed by atoms with Crippen molar-refractivity contribution in [2.75, 3.05) is 13.1 Å². The topological polar surface area (TPSA) is 3.24 Å². The first-order valence-corrected chi connectivity index (χ1v) is 4.98. The van der Waals surface area contributed by atoms with Crippen LogP contribution in [-0.2, 0) is 6.42 Å². The van der Waals surface area contributed by atoms with Gasteiger partial charge in [0.15, 0.2) is 0 Å². The first kappa shape index (κ1) is 7.19. The number of nitrogens with zero attached hydrogens (tertiary/aromatic N) is 1. The zero-order valence-electron chi connectivity index (χ0n) is 7.66. The van der Waals surface area contributed by atoms with Gasteiger partial charge in [0.2, 0.25) is 0 Å². The van der Waals surface area contributed by atoms with E-state index in [9.17, 15) is 0 Å². The minimum absolute atomic E-state index is 1.21. The maximum atomic E-state index is 2.50. The van der Waals surface area contributed by atoms with Crippen molar-refractivity contribution in [3.8, 4) is 0 Å². The van der Waals surface area contributed by atoms with E-state index in [2.05, 4.69) is 35.2 Å². The van der Waals surface area contributed by atoms with Crippen molar-refractivity contribution in [2.24, 2.45) is 0 Å². The standard InChI is InChI=1S/C12H13N/c1-2-5-11-10(4-1)7-9-13-8-3-6-12(11)13/h1-2,4-6H,3,7-9H2. The van der Waals surface area contributed by atoms with Crippen LogP contribution in [0.5, 0.6) is 0 Å². The summed E-state index contributed by atoms with van der Waals surface area (Å²) in [6.07, 6.45) is 4.81. The fraction of sp³-hybridized carbons (Fsp3) is 0.333. The van der Waals surface area contributed by atoms with Crippen LogP contribution >= 0.6 is 0 Å². The number of fused-ring (bicyclic) bond motifs is 3. The molecular formula is C12H13N. The van der Waals surface area contributed by atoms with E-state index in [1.54, 1.807) is 0 Å². The van der Waals surface area contributed by atoms with Crippen molar-refractivity contribution in [3.05, 3.63) is 41.5 Å². The molecule has 0 saturated heterocycles. The van der Waals surface area contributed by atoms with Crippen molar-refractivity contribution in [1.29, 1.82) is 0 Å². The van der Waals surface area contributed by atoms with Crippen molar-refractivity contribution in [2.45, 2.75) is 12.8 Å². The van der Waals surface area contributed by atoms with Gasteiger partial charge in [-0.25, -0.2) is 0 Å². The van der Waals surface area contributed by atoms with E-state index in [-0.39, 0.29) is 0 Å². The Morgan fingerprint density at radius 2 is 2.00 bits per heavy atom. The lowest BCUT2D eigenvalue weighted by Crippen LogP contribution is -2.26. The fourth-order valence-corrected chi connectivity index (χ4v) is 2.36. The molecule has 13 heavy (non-hydrogen) atoms. The summed E-state index contributed by atoms with van der Waals surface area (Å²) >= 11 is 0. The molecule has 1 aromatic carbocycles. The maximum Gasteiger partial charge on any atom is 0.0402 e. The number of hydrogen-bond donors (Lipinski definition) is 0. The quantitative estimate of drug-likeness (QED) is 0.579. The number of rotatable bonds is 0. The van der Waals surface area contributed by atoms with Crippen LogP contribution in [-0.4, -0.2) is 18.0 Å². The molecule has 0 spiro atoms. The van der Waals surface area contributed by atoms with Crippen LogP contribution in [0.4, 0.5) is 0 Å². The highest BCUT2D eigenvalue weighted by Gasteiger charge is 2.22. The van der Waals surface area contributed by atoms with Crippen molar-refractivity contribution >= 4 is 5.70 Å². The third-order valence-electron chi connectivity index (χ3n) is 3.02. The zero-order chi connectivity index (χ0) is 8.67. The highest BCUT2D eigenvalue weighted by atomic mass is 15.2. The molecule has 0 amide bonds. The third-order valence-corrected chi connectivity index (χ3v) is 3.02. The Morgan fingerprint density at radius 3 is 3.00 bits per heavy atom. The summed E-state index contributed by atoms with van der Waals surface area (Å²) in [6.45, 7) is 2.44. The van der Waals surface area contributed by atoms with Crippen LogP contribution in [0.25, 0.3) is 5.70 Å². The number of hydrogen-bond acceptors (Lipinski definition) is 1. The smallest absolute Gasteiger partial charge is 0.0402 e. The lowest BCUT2D eigenvalue weighted by atomic mass is 9.98. The van der Waals surface area contributed by atoms with E-state index in [0.29, 0.717) is 0 Å². The van der Waals surface area contributed by atoms with Crippen LogP contribution in [0, 0.1) is 0 Å². The minimum atomic E-state index is 1.21. The molecule has 66 valence electrons. The Hall–Kier alpha value is -1.24. The summed E-state index contributed by atoms with van der Waals surface area (Å²) in [5.41, 5.74) is 4.46. The van der Waals surface area contributed by atoms with Crippen LogP contribution < -0.4 is 0 Å². The van der Waals surface area contributed by atoms with Gasteiger partial charge in [0, 0.05) is 24.4 Å². The second-order valence-corrected chi connectivity index (χ2v) is 3.77. The predicted molar refractivity (Wildman–Crippen MR) is 54.3 cm³/mol.